The van der Waals surface area contributed by atoms with Crippen molar-refractivity contribution in [2.24, 2.45) is 0 Å². The van der Waals surface area contributed by atoms with Crippen molar-refractivity contribution in [3.05, 3.63) is 18.2 Å². The third kappa shape index (κ3) is 3.05. The molecule has 1 aromatic carbocycles. The Morgan fingerprint density at radius 3 is 2.56 bits per heavy atom. The van der Waals surface area contributed by atoms with Crippen LogP contribution in [0.5, 0.6) is 11.5 Å². The van der Waals surface area contributed by atoms with Crippen molar-refractivity contribution >= 4 is 12.4 Å². The molecular weight excluding hydrogens is 223 g/mol. The molecule has 0 atom stereocenters. The molecule has 0 saturated heterocycles. The molecule has 0 amide bonds. The van der Waals surface area contributed by atoms with Gasteiger partial charge in [0.2, 0.25) is 0 Å². The molecule has 4 heteroatoms. The minimum atomic E-state index is -2.28. The Bertz CT molecular complexity index is 454. The summed E-state index contributed by atoms with van der Waals surface area (Å²) in [5, 5.41) is 0.761. The van der Waals surface area contributed by atoms with E-state index >= 15 is 0 Å². The van der Waals surface area contributed by atoms with Crippen molar-refractivity contribution in [2.45, 2.75) is 0 Å². The van der Waals surface area contributed by atoms with Crippen LogP contribution in [0.1, 0.15) is 0 Å². The average Bonchev–Trinajstić information content (AvgIpc) is 2.24. The Kier molecular flexibility index (Phi) is 4.04. The number of ether oxygens (including phenoxy) is 2. The topological polar surface area (TPSA) is 35.5 Å². The van der Waals surface area contributed by atoms with Gasteiger partial charge in [0.15, 0.2) is 11.5 Å². The fourth-order valence-electron chi connectivity index (χ4n) is 1.23. The molecule has 0 radical (unpaired) electrons. The molecule has 16 heavy (non-hydrogen) atoms. The van der Waals surface area contributed by atoms with E-state index in [-0.39, 0.29) is 6.61 Å². The first kappa shape index (κ1) is 12.7. The van der Waals surface area contributed by atoms with Gasteiger partial charge in [-0.25, -0.2) is 0 Å². The minimum absolute atomic E-state index is 0.186. The summed E-state index contributed by atoms with van der Waals surface area (Å²) >= 11 is 0. The Balaban J connectivity index is 3.08. The Morgan fingerprint density at radius 2 is 2.06 bits per heavy atom. The summed E-state index contributed by atoms with van der Waals surface area (Å²) in [4.78, 5) is 0. The Morgan fingerprint density at radius 1 is 1.38 bits per heavy atom. The number of hydrogen-bond acceptors (Lipinski definition) is 3. The van der Waals surface area contributed by atoms with Crippen LogP contribution in [-0.2, 0) is 4.57 Å². The second-order valence-corrected chi connectivity index (χ2v) is 6.90. The lowest BCUT2D eigenvalue weighted by Gasteiger charge is -2.12. The lowest BCUT2D eigenvalue weighted by atomic mass is 10.3. The van der Waals surface area contributed by atoms with E-state index in [2.05, 4.69) is 5.92 Å². The number of terminal acetylenes is 1. The zero-order valence-electron chi connectivity index (χ0n) is 9.69. The highest BCUT2D eigenvalue weighted by Crippen LogP contribution is 2.37. The zero-order valence-corrected chi connectivity index (χ0v) is 10.6. The summed E-state index contributed by atoms with van der Waals surface area (Å²) in [6.07, 6.45) is 5.11. The molecule has 0 aliphatic rings. The number of benzene rings is 1. The third-order valence-corrected chi connectivity index (χ3v) is 3.60. The number of hydrogen-bond donors (Lipinski definition) is 0. The second-order valence-electron chi connectivity index (χ2n) is 3.68. The van der Waals surface area contributed by atoms with Gasteiger partial charge in [0.1, 0.15) is 13.7 Å². The monoisotopic (exact) mass is 238 g/mol. The lowest BCUT2D eigenvalue weighted by Crippen LogP contribution is -2.05. The van der Waals surface area contributed by atoms with E-state index in [1.165, 1.54) is 7.11 Å². The van der Waals surface area contributed by atoms with E-state index in [0.29, 0.717) is 11.5 Å². The lowest BCUT2D eigenvalue weighted by molar-refractivity contribution is 0.331. The van der Waals surface area contributed by atoms with Crippen molar-refractivity contribution in [3.63, 3.8) is 0 Å². The molecule has 0 saturated carbocycles. The van der Waals surface area contributed by atoms with Gasteiger partial charge >= 0.3 is 0 Å². The van der Waals surface area contributed by atoms with Gasteiger partial charge in [0.25, 0.3) is 0 Å². The van der Waals surface area contributed by atoms with E-state index in [4.69, 9.17) is 15.9 Å². The standard InChI is InChI=1S/C12H15O3P/c1-5-8-15-11-7-6-10(16(3,4)13)9-12(11)14-2/h1,6-7,9H,8H2,2-4H3. The number of methoxy groups -OCH3 is 1. The van der Waals surface area contributed by atoms with Gasteiger partial charge in [-0.15, -0.1) is 6.42 Å². The summed E-state index contributed by atoms with van der Waals surface area (Å²) < 4.78 is 22.3. The fourth-order valence-corrected chi connectivity index (χ4v) is 2.09. The molecule has 0 aliphatic carbocycles. The number of rotatable bonds is 4. The molecule has 3 nitrogen and oxygen atoms in total. The van der Waals surface area contributed by atoms with Crippen LogP contribution in [0.15, 0.2) is 18.2 Å². The van der Waals surface area contributed by atoms with Crippen LogP contribution in [0.2, 0.25) is 0 Å². The van der Waals surface area contributed by atoms with Gasteiger partial charge in [-0.3, -0.25) is 0 Å². The van der Waals surface area contributed by atoms with Gasteiger partial charge in [-0.2, -0.15) is 0 Å². The van der Waals surface area contributed by atoms with Crippen LogP contribution in [0, 0.1) is 12.3 Å². The van der Waals surface area contributed by atoms with E-state index in [0.717, 1.165) is 5.30 Å². The van der Waals surface area contributed by atoms with Crippen LogP contribution in [0.4, 0.5) is 0 Å². The van der Waals surface area contributed by atoms with Crippen LogP contribution in [-0.4, -0.2) is 27.0 Å². The summed E-state index contributed by atoms with van der Waals surface area (Å²) in [5.74, 6) is 3.50. The first-order valence-electron chi connectivity index (χ1n) is 4.79. The highest BCUT2D eigenvalue weighted by atomic mass is 31.2. The van der Waals surface area contributed by atoms with Gasteiger partial charge in [0, 0.05) is 5.30 Å². The van der Waals surface area contributed by atoms with Gasteiger partial charge in [-0.05, 0) is 31.5 Å². The summed E-state index contributed by atoms with van der Waals surface area (Å²) in [5.41, 5.74) is 0. The Hall–Kier alpha value is -1.39. The highest BCUT2D eigenvalue weighted by Gasteiger charge is 2.14. The predicted molar refractivity (Wildman–Crippen MR) is 66.4 cm³/mol. The van der Waals surface area contributed by atoms with Gasteiger partial charge in [0.05, 0.1) is 7.11 Å². The summed E-state index contributed by atoms with van der Waals surface area (Å²) in [6.45, 7) is 3.61. The van der Waals surface area contributed by atoms with Crippen molar-refractivity contribution < 1.29 is 14.0 Å². The molecule has 86 valence electrons. The summed E-state index contributed by atoms with van der Waals surface area (Å²) in [6, 6.07) is 5.23. The van der Waals surface area contributed by atoms with E-state index in [1.807, 2.05) is 0 Å². The quantitative estimate of drug-likeness (QED) is 0.594. The second kappa shape index (κ2) is 5.09. The SMILES string of the molecule is C#CCOc1ccc(P(C)(C)=O)cc1OC. The van der Waals surface area contributed by atoms with Gasteiger partial charge < -0.3 is 14.0 Å². The smallest absolute Gasteiger partial charge is 0.162 e. The molecule has 0 spiro atoms. The van der Waals surface area contributed by atoms with Crippen molar-refractivity contribution in [2.75, 3.05) is 27.0 Å². The first-order chi connectivity index (χ1) is 7.49. The van der Waals surface area contributed by atoms with Crippen LogP contribution >= 0.6 is 7.14 Å². The first-order valence-corrected chi connectivity index (χ1v) is 7.39. The molecule has 1 rings (SSSR count). The molecule has 0 heterocycles. The van der Waals surface area contributed by atoms with E-state index < -0.39 is 7.14 Å². The normalized spacial score (nSPS) is 10.6. The third-order valence-electron chi connectivity index (χ3n) is 2.08. The molecule has 0 bridgehead atoms. The molecule has 0 fully saturated rings. The molecule has 0 aromatic heterocycles. The minimum Gasteiger partial charge on any atom is -0.493 e. The van der Waals surface area contributed by atoms with Crippen LogP contribution in [0.25, 0.3) is 0 Å². The maximum atomic E-state index is 11.9. The molecule has 1 aromatic rings. The maximum absolute atomic E-state index is 11.9. The van der Waals surface area contributed by atoms with Crippen molar-refractivity contribution in [3.8, 4) is 23.8 Å². The van der Waals surface area contributed by atoms with Crippen molar-refractivity contribution in [1.82, 2.24) is 0 Å². The van der Waals surface area contributed by atoms with E-state index in [1.54, 1.807) is 31.5 Å². The summed E-state index contributed by atoms with van der Waals surface area (Å²) in [7, 11) is -0.740. The fraction of sp³-hybridized carbons (Fsp3) is 0.333. The average molecular weight is 238 g/mol. The van der Waals surface area contributed by atoms with Crippen LogP contribution < -0.4 is 14.8 Å². The Labute approximate surface area is 96.1 Å². The van der Waals surface area contributed by atoms with Gasteiger partial charge in [-0.1, -0.05) is 5.92 Å². The van der Waals surface area contributed by atoms with E-state index in [9.17, 15) is 4.57 Å². The molecular formula is C12H15O3P. The maximum Gasteiger partial charge on any atom is 0.162 e. The predicted octanol–water partition coefficient (Wildman–Crippen LogP) is 1.96. The largest absolute Gasteiger partial charge is 0.493 e. The highest BCUT2D eigenvalue weighted by molar-refractivity contribution is 7.70. The molecule has 0 aliphatic heterocycles. The van der Waals surface area contributed by atoms with Crippen LogP contribution in [0.3, 0.4) is 0 Å². The van der Waals surface area contributed by atoms with Crippen molar-refractivity contribution in [1.29, 1.82) is 0 Å². The zero-order chi connectivity index (χ0) is 12.2. The molecule has 0 unspecified atom stereocenters. The molecule has 0 N–H and O–H groups in total.